The quantitative estimate of drug-likeness (QED) is 0.560. The third kappa shape index (κ3) is 6.44. The van der Waals surface area contributed by atoms with Gasteiger partial charge in [0.25, 0.3) is 0 Å². The minimum atomic E-state index is -1.26. The Bertz CT molecular complexity index is 620. The lowest BCUT2D eigenvalue weighted by Crippen LogP contribution is -2.56. The Morgan fingerprint density at radius 3 is 2.00 bits per heavy atom. The van der Waals surface area contributed by atoms with Crippen molar-refractivity contribution in [1.29, 1.82) is 0 Å². The second kappa shape index (κ2) is 9.71. The third-order valence-corrected chi connectivity index (χ3v) is 4.67. The lowest BCUT2D eigenvalue weighted by Gasteiger charge is -2.50. The molecule has 6 nitrogen and oxygen atoms in total. The van der Waals surface area contributed by atoms with Crippen LogP contribution < -0.4 is 5.73 Å². The Balaban J connectivity index is 0.000000359. The molecule has 1 aromatic carbocycles. The minimum Gasteiger partial charge on any atom is -0.478 e. The highest BCUT2D eigenvalue weighted by Gasteiger charge is 2.48. The molecule has 0 amide bonds. The van der Waals surface area contributed by atoms with Crippen molar-refractivity contribution in [2.75, 3.05) is 0 Å². The number of carboxylic acids is 2. The zero-order valence-corrected chi connectivity index (χ0v) is 15.7. The number of hydrogen-bond acceptors (Lipinski definition) is 4. The minimum absolute atomic E-state index is 0.0612. The molecule has 0 aromatic heterocycles. The molecule has 1 fully saturated rings. The van der Waals surface area contributed by atoms with E-state index < -0.39 is 11.9 Å². The van der Waals surface area contributed by atoms with E-state index in [4.69, 9.17) is 27.5 Å². The fourth-order valence-electron chi connectivity index (χ4n) is 3.19. The predicted octanol–water partition coefficient (Wildman–Crippen LogP) is 2.82. The first kappa shape index (κ1) is 22.2. The third-order valence-electron chi connectivity index (χ3n) is 4.42. The van der Waals surface area contributed by atoms with E-state index in [0.717, 1.165) is 24.3 Å². The summed E-state index contributed by atoms with van der Waals surface area (Å²) in [6, 6.07) is 8.02. The zero-order valence-electron chi connectivity index (χ0n) is 14.9. The van der Waals surface area contributed by atoms with Crippen molar-refractivity contribution >= 4 is 23.5 Å². The van der Waals surface area contributed by atoms with Gasteiger partial charge in [0.2, 0.25) is 0 Å². The van der Waals surface area contributed by atoms with Crippen LogP contribution in [0.4, 0.5) is 0 Å². The van der Waals surface area contributed by atoms with Gasteiger partial charge in [-0.1, -0.05) is 37.6 Å². The van der Waals surface area contributed by atoms with Gasteiger partial charge >= 0.3 is 11.9 Å². The largest absolute Gasteiger partial charge is 0.478 e. The van der Waals surface area contributed by atoms with Crippen LogP contribution in [-0.4, -0.2) is 39.4 Å². The lowest BCUT2D eigenvalue weighted by atomic mass is 9.57. The van der Waals surface area contributed by atoms with Crippen LogP contribution >= 0.6 is 11.6 Å². The van der Waals surface area contributed by atoms with Gasteiger partial charge in [-0.15, -0.1) is 0 Å². The first-order valence-corrected chi connectivity index (χ1v) is 8.78. The number of rotatable bonds is 6. The number of hydrogen-bond donors (Lipinski definition) is 4. The number of aliphatic hydroxyl groups is 1. The van der Waals surface area contributed by atoms with Crippen molar-refractivity contribution in [3.63, 3.8) is 0 Å². The molecule has 2 rings (SSSR count). The maximum Gasteiger partial charge on any atom is 0.328 e. The van der Waals surface area contributed by atoms with E-state index in [1.165, 1.54) is 5.56 Å². The van der Waals surface area contributed by atoms with Crippen molar-refractivity contribution < 1.29 is 24.9 Å². The first-order valence-electron chi connectivity index (χ1n) is 8.40. The molecule has 1 aliphatic carbocycles. The highest BCUT2D eigenvalue weighted by Crippen LogP contribution is 2.47. The second-order valence-corrected chi connectivity index (χ2v) is 7.41. The molecule has 0 saturated heterocycles. The van der Waals surface area contributed by atoms with Gasteiger partial charge in [0, 0.05) is 28.6 Å². The highest BCUT2D eigenvalue weighted by atomic mass is 35.5. The lowest BCUT2D eigenvalue weighted by molar-refractivity contribution is -0.134. The molecule has 0 aliphatic heterocycles. The Morgan fingerprint density at radius 1 is 1.19 bits per heavy atom. The number of aliphatic hydroxyl groups excluding tert-OH is 1. The zero-order chi connectivity index (χ0) is 19.9. The smallest absolute Gasteiger partial charge is 0.328 e. The summed E-state index contributed by atoms with van der Waals surface area (Å²) in [5, 5.41) is 26.1. The maximum absolute atomic E-state index is 9.70. The molecule has 1 saturated carbocycles. The highest BCUT2D eigenvalue weighted by molar-refractivity contribution is 6.30. The summed E-state index contributed by atoms with van der Waals surface area (Å²) in [6.45, 7) is 4.37. The Morgan fingerprint density at radius 2 is 1.65 bits per heavy atom. The molecular formula is C19H26ClNO5. The Hall–Kier alpha value is -1.89. The van der Waals surface area contributed by atoms with E-state index in [0.29, 0.717) is 18.1 Å². The van der Waals surface area contributed by atoms with Crippen molar-refractivity contribution in [2.45, 2.75) is 50.7 Å². The van der Waals surface area contributed by atoms with Crippen LogP contribution in [0.25, 0.3) is 0 Å². The van der Waals surface area contributed by atoms with Gasteiger partial charge in [-0.3, -0.25) is 0 Å². The molecule has 0 bridgehead atoms. The monoisotopic (exact) mass is 383 g/mol. The van der Waals surface area contributed by atoms with Crippen LogP contribution in [-0.2, 0) is 15.0 Å². The number of carbonyl (C=O) groups is 2. The number of nitrogens with two attached hydrogens (primary N) is 1. The average molecular weight is 384 g/mol. The second-order valence-electron chi connectivity index (χ2n) is 6.97. The topological polar surface area (TPSA) is 121 Å². The molecule has 5 N–H and O–H groups in total. The average Bonchev–Trinajstić information content (AvgIpc) is 2.50. The van der Waals surface area contributed by atoms with Crippen LogP contribution in [0.5, 0.6) is 0 Å². The van der Waals surface area contributed by atoms with E-state index >= 15 is 0 Å². The Labute approximate surface area is 158 Å². The van der Waals surface area contributed by atoms with Gasteiger partial charge in [0.05, 0.1) is 6.10 Å². The molecule has 7 heteroatoms. The number of halogens is 1. The van der Waals surface area contributed by atoms with Gasteiger partial charge in [0.15, 0.2) is 0 Å². The van der Waals surface area contributed by atoms with Gasteiger partial charge in [0.1, 0.15) is 0 Å². The van der Waals surface area contributed by atoms with Crippen LogP contribution in [0.3, 0.4) is 0 Å². The first-order chi connectivity index (χ1) is 12.1. The van der Waals surface area contributed by atoms with Gasteiger partial charge in [-0.05, 0) is 42.9 Å². The summed E-state index contributed by atoms with van der Waals surface area (Å²) in [4.78, 5) is 19.1. The molecule has 144 valence electrons. The summed E-state index contributed by atoms with van der Waals surface area (Å²) in [7, 11) is 0. The summed E-state index contributed by atoms with van der Waals surface area (Å²) in [5.41, 5.74) is 7.56. The molecule has 26 heavy (non-hydrogen) atoms. The van der Waals surface area contributed by atoms with Crippen molar-refractivity contribution in [3.8, 4) is 0 Å². The fraction of sp³-hybridized carbons (Fsp3) is 0.474. The summed E-state index contributed by atoms with van der Waals surface area (Å²) in [6.07, 6.45) is 3.42. The molecular weight excluding hydrogens is 358 g/mol. The van der Waals surface area contributed by atoms with E-state index in [9.17, 15) is 14.7 Å². The SMILES string of the molecule is CC(C)C[C@@H](N)C1(c2ccc(Cl)cc2)CC(O)C1.O=C(O)/C=C/C(=O)O. The standard InChI is InChI=1S/C15H22ClNO.C4H4O4/c1-10(2)7-14(17)15(8-13(18)9-15)11-3-5-12(16)6-4-11;5-3(6)1-2-4(7)8/h3-6,10,13-14,18H,7-9,17H2,1-2H3;1-2H,(H,5,6)(H,7,8)/b;2-1+/t13?,14-,15?;/m1./s1. The van der Waals surface area contributed by atoms with Crippen LogP contribution in [0.1, 0.15) is 38.7 Å². The van der Waals surface area contributed by atoms with Gasteiger partial charge < -0.3 is 21.1 Å². The van der Waals surface area contributed by atoms with E-state index in [2.05, 4.69) is 26.0 Å². The number of benzene rings is 1. The molecule has 1 aromatic rings. The molecule has 1 aliphatic rings. The summed E-state index contributed by atoms with van der Waals surface area (Å²) >= 11 is 5.93. The molecule has 0 spiro atoms. The van der Waals surface area contributed by atoms with Crippen molar-refractivity contribution in [3.05, 3.63) is 47.0 Å². The van der Waals surface area contributed by atoms with Crippen LogP contribution in [0.15, 0.2) is 36.4 Å². The Kier molecular flexibility index (Phi) is 8.27. The molecule has 0 heterocycles. The molecule has 0 radical (unpaired) electrons. The van der Waals surface area contributed by atoms with Gasteiger partial charge in [-0.2, -0.15) is 0 Å². The van der Waals surface area contributed by atoms with Crippen LogP contribution in [0.2, 0.25) is 5.02 Å². The fourth-order valence-corrected chi connectivity index (χ4v) is 3.32. The summed E-state index contributed by atoms with van der Waals surface area (Å²) < 4.78 is 0. The van der Waals surface area contributed by atoms with Crippen LogP contribution in [0, 0.1) is 5.92 Å². The predicted molar refractivity (Wildman–Crippen MR) is 100 cm³/mol. The van der Waals surface area contributed by atoms with E-state index in [1.807, 2.05) is 12.1 Å². The van der Waals surface area contributed by atoms with Crippen molar-refractivity contribution in [1.82, 2.24) is 0 Å². The molecule has 1 atom stereocenters. The number of carboxylic acid groups (broad SMARTS) is 2. The van der Waals surface area contributed by atoms with Gasteiger partial charge in [-0.25, -0.2) is 9.59 Å². The molecule has 0 unspecified atom stereocenters. The summed E-state index contributed by atoms with van der Waals surface area (Å²) in [5.74, 6) is -1.94. The maximum atomic E-state index is 9.70. The number of aliphatic carboxylic acids is 2. The van der Waals surface area contributed by atoms with Crippen molar-refractivity contribution in [2.24, 2.45) is 11.7 Å². The van der Waals surface area contributed by atoms with E-state index in [-0.39, 0.29) is 17.6 Å². The van der Waals surface area contributed by atoms with E-state index in [1.54, 1.807) is 0 Å². The normalized spacial score (nSPS) is 23.1.